The third-order valence-corrected chi connectivity index (χ3v) is 5.19. The number of hydrogen-bond donors (Lipinski definition) is 1. The lowest BCUT2D eigenvalue weighted by atomic mass is 10.1. The van der Waals surface area contributed by atoms with Crippen molar-refractivity contribution in [1.82, 2.24) is 10.3 Å². The van der Waals surface area contributed by atoms with E-state index in [4.69, 9.17) is 28.5 Å². The van der Waals surface area contributed by atoms with E-state index < -0.39 is 0 Å². The zero-order chi connectivity index (χ0) is 19.2. The van der Waals surface area contributed by atoms with Gasteiger partial charge in [-0.2, -0.15) is 10.5 Å². The third kappa shape index (κ3) is 4.77. The molecule has 0 bridgehead atoms. The molecule has 1 aromatic heterocycles. The van der Waals surface area contributed by atoms with E-state index in [0.717, 1.165) is 48.9 Å². The van der Waals surface area contributed by atoms with Gasteiger partial charge in [0.2, 0.25) is 0 Å². The van der Waals surface area contributed by atoms with Crippen molar-refractivity contribution in [3.05, 3.63) is 56.7 Å². The highest BCUT2D eigenvalue weighted by atomic mass is 35.5. The molecule has 0 fully saturated rings. The molecule has 2 aromatic rings. The predicted octanol–water partition coefficient (Wildman–Crippen LogP) is 4.87. The molecule has 0 spiro atoms. The summed E-state index contributed by atoms with van der Waals surface area (Å²) in [5, 5.41) is 22.1. The molecule has 0 radical (unpaired) electrons. The molecule has 0 saturated heterocycles. The molecule has 3 rings (SSSR count). The van der Waals surface area contributed by atoms with E-state index in [1.54, 1.807) is 12.1 Å². The number of aromatic nitrogens is 1. The van der Waals surface area contributed by atoms with Crippen molar-refractivity contribution < 1.29 is 0 Å². The SMILES string of the molecule is N#CNC(Cc1ccc(Cl)c(Cl)c1)=Nc1nc2c(cc1C#N)CCCCC2. The summed E-state index contributed by atoms with van der Waals surface area (Å²) >= 11 is 12.0. The van der Waals surface area contributed by atoms with Crippen LogP contribution in [0.25, 0.3) is 0 Å². The van der Waals surface area contributed by atoms with Gasteiger partial charge >= 0.3 is 0 Å². The zero-order valence-corrected chi connectivity index (χ0v) is 16.1. The standard InChI is InChI=1S/C20H17Cl2N5/c21-16-7-6-13(8-17(16)22)9-19(25-12-24)27-20-15(11-23)10-14-4-2-1-3-5-18(14)26-20/h6-8,10H,1-5,9H2,(H,25,26,27). The van der Waals surface area contributed by atoms with Crippen LogP contribution in [0.2, 0.25) is 10.0 Å². The van der Waals surface area contributed by atoms with Gasteiger partial charge in [0.15, 0.2) is 12.0 Å². The van der Waals surface area contributed by atoms with Crippen LogP contribution in [0.3, 0.4) is 0 Å². The minimum Gasteiger partial charge on any atom is -0.280 e. The van der Waals surface area contributed by atoms with E-state index in [2.05, 4.69) is 21.4 Å². The van der Waals surface area contributed by atoms with Gasteiger partial charge < -0.3 is 0 Å². The average molecular weight is 398 g/mol. The lowest BCUT2D eigenvalue weighted by Gasteiger charge is -2.10. The number of hydrogen-bond acceptors (Lipinski definition) is 4. The molecule has 0 atom stereocenters. The monoisotopic (exact) mass is 397 g/mol. The maximum Gasteiger partial charge on any atom is 0.182 e. The number of aliphatic imine (C=N–C) groups is 1. The van der Waals surface area contributed by atoms with E-state index in [9.17, 15) is 5.26 Å². The first-order valence-electron chi connectivity index (χ1n) is 8.70. The van der Waals surface area contributed by atoms with Gasteiger partial charge in [-0.25, -0.2) is 9.98 Å². The molecule has 0 amide bonds. The van der Waals surface area contributed by atoms with E-state index in [0.29, 0.717) is 33.7 Å². The van der Waals surface area contributed by atoms with E-state index in [-0.39, 0.29) is 0 Å². The van der Waals surface area contributed by atoms with Gasteiger partial charge in [-0.15, -0.1) is 0 Å². The summed E-state index contributed by atoms with van der Waals surface area (Å²) in [5.41, 5.74) is 3.39. The topological polar surface area (TPSA) is 84.9 Å². The average Bonchev–Trinajstić information content (AvgIpc) is 2.89. The van der Waals surface area contributed by atoms with Crippen LogP contribution in [0.1, 0.15) is 41.6 Å². The molecule has 1 aliphatic rings. The lowest BCUT2D eigenvalue weighted by Crippen LogP contribution is -2.20. The van der Waals surface area contributed by atoms with Crippen LogP contribution in [0.4, 0.5) is 5.82 Å². The van der Waals surface area contributed by atoms with Crippen molar-refractivity contribution in [1.29, 1.82) is 10.5 Å². The maximum absolute atomic E-state index is 9.51. The number of pyridine rings is 1. The third-order valence-electron chi connectivity index (χ3n) is 4.45. The first-order valence-corrected chi connectivity index (χ1v) is 9.46. The van der Waals surface area contributed by atoms with Crippen LogP contribution >= 0.6 is 23.2 Å². The summed E-state index contributed by atoms with van der Waals surface area (Å²) in [4.78, 5) is 9.11. The van der Waals surface area contributed by atoms with Crippen LogP contribution in [0.5, 0.6) is 0 Å². The number of fused-ring (bicyclic) bond motifs is 1. The Kier molecular flexibility index (Phi) is 6.29. The van der Waals surface area contributed by atoms with Gasteiger partial charge in [-0.1, -0.05) is 35.7 Å². The van der Waals surface area contributed by atoms with Gasteiger partial charge in [0, 0.05) is 12.1 Å². The van der Waals surface area contributed by atoms with Crippen LogP contribution in [-0.2, 0) is 19.3 Å². The van der Waals surface area contributed by atoms with Crippen LogP contribution < -0.4 is 5.32 Å². The van der Waals surface area contributed by atoms with Gasteiger partial charge in [0.25, 0.3) is 0 Å². The van der Waals surface area contributed by atoms with Gasteiger partial charge in [0.05, 0.1) is 15.6 Å². The molecule has 1 aliphatic carbocycles. The minimum atomic E-state index is 0.341. The number of aryl methyl sites for hydroxylation is 2. The Morgan fingerprint density at radius 2 is 1.93 bits per heavy atom. The summed E-state index contributed by atoms with van der Waals surface area (Å²) < 4.78 is 0. The molecule has 1 aromatic carbocycles. The van der Waals surface area contributed by atoms with Crippen molar-refractivity contribution >= 4 is 34.9 Å². The molecule has 0 saturated carbocycles. The Morgan fingerprint density at radius 3 is 2.67 bits per heavy atom. The first kappa shape index (κ1) is 19.2. The van der Waals surface area contributed by atoms with Crippen molar-refractivity contribution in [2.24, 2.45) is 4.99 Å². The first-order chi connectivity index (χ1) is 13.1. The van der Waals surface area contributed by atoms with Gasteiger partial charge in [-0.05, 0) is 55.0 Å². The van der Waals surface area contributed by atoms with Crippen LogP contribution in [0.15, 0.2) is 29.3 Å². The van der Waals surface area contributed by atoms with Gasteiger partial charge in [0.1, 0.15) is 11.9 Å². The normalized spacial score (nSPS) is 13.9. The fraction of sp³-hybridized carbons (Fsp3) is 0.300. The quantitative estimate of drug-likeness (QED) is 0.263. The molecule has 7 heteroatoms. The number of halogens is 2. The predicted molar refractivity (Wildman–Crippen MR) is 106 cm³/mol. The molecular weight excluding hydrogens is 381 g/mol. The Hall–Kier alpha value is -2.60. The second-order valence-electron chi connectivity index (χ2n) is 6.36. The van der Waals surface area contributed by atoms with E-state index >= 15 is 0 Å². The summed E-state index contributed by atoms with van der Waals surface area (Å²) in [6.07, 6.45) is 7.42. The largest absolute Gasteiger partial charge is 0.280 e. The smallest absolute Gasteiger partial charge is 0.182 e. The molecule has 136 valence electrons. The molecule has 27 heavy (non-hydrogen) atoms. The Morgan fingerprint density at radius 1 is 1.11 bits per heavy atom. The highest BCUT2D eigenvalue weighted by Crippen LogP contribution is 2.26. The van der Waals surface area contributed by atoms with Crippen LogP contribution in [-0.4, -0.2) is 10.8 Å². The van der Waals surface area contributed by atoms with Crippen molar-refractivity contribution in [2.45, 2.75) is 38.5 Å². The van der Waals surface area contributed by atoms with Gasteiger partial charge in [-0.3, -0.25) is 5.32 Å². The summed E-state index contributed by atoms with van der Waals surface area (Å²) in [6, 6.07) is 9.31. The second-order valence-corrected chi connectivity index (χ2v) is 7.17. The summed E-state index contributed by atoms with van der Waals surface area (Å²) in [6.45, 7) is 0. The minimum absolute atomic E-state index is 0.341. The molecule has 0 aliphatic heterocycles. The number of nitrogens with zero attached hydrogens (tertiary/aromatic N) is 4. The van der Waals surface area contributed by atoms with Crippen LogP contribution in [0, 0.1) is 22.8 Å². The molecule has 1 heterocycles. The lowest BCUT2D eigenvalue weighted by molar-refractivity contribution is 0.708. The van der Waals surface area contributed by atoms with Crippen molar-refractivity contribution in [3.8, 4) is 12.3 Å². The number of nitrogens with one attached hydrogen (secondary N) is 1. The van der Waals surface area contributed by atoms with Crippen molar-refractivity contribution in [2.75, 3.05) is 0 Å². The second kappa shape index (κ2) is 8.86. The van der Waals surface area contributed by atoms with E-state index in [1.165, 1.54) is 0 Å². The molecule has 1 N–H and O–H groups in total. The fourth-order valence-electron chi connectivity index (χ4n) is 3.11. The summed E-state index contributed by atoms with van der Waals surface area (Å²) in [5.74, 6) is 0.740. The molecular formula is C20H17Cl2N5. The molecule has 5 nitrogen and oxygen atoms in total. The Balaban J connectivity index is 1.97. The highest BCUT2D eigenvalue weighted by molar-refractivity contribution is 6.42. The van der Waals surface area contributed by atoms with E-state index in [1.807, 2.05) is 18.3 Å². The summed E-state index contributed by atoms with van der Waals surface area (Å²) in [7, 11) is 0. The Bertz CT molecular complexity index is 970. The zero-order valence-electron chi connectivity index (χ0n) is 14.6. The maximum atomic E-state index is 9.51. The number of benzene rings is 1. The number of rotatable bonds is 3. The number of nitriles is 2. The highest BCUT2D eigenvalue weighted by Gasteiger charge is 2.15. The Labute approximate surface area is 168 Å². The number of amidine groups is 1. The fourth-order valence-corrected chi connectivity index (χ4v) is 3.43. The van der Waals surface area contributed by atoms with Crippen molar-refractivity contribution in [3.63, 3.8) is 0 Å². The molecule has 0 unspecified atom stereocenters.